The number of carbonyl (C=O) groups is 1. The number of benzene rings is 1. The summed E-state index contributed by atoms with van der Waals surface area (Å²) in [5.74, 6) is 0.0154. The number of hydrogen-bond acceptors (Lipinski definition) is 6. The van der Waals surface area contributed by atoms with Gasteiger partial charge in [0, 0.05) is 36.8 Å². The van der Waals surface area contributed by atoms with E-state index in [0.717, 1.165) is 37.2 Å². The standard InChI is InChI=1S/C20H25N3O4S2/c21-29(25,26)18-5-6-19-15(11-18)7-8-23(19)20(24)14-22(12-16-3-1-9-27-16)13-17-4-2-10-28-17/h2,4-6,10-11,16H,1,3,7-9,12-14H2,(H2,21,25,26). The summed E-state index contributed by atoms with van der Waals surface area (Å²) >= 11 is 1.68. The second-order valence-corrected chi connectivity index (χ2v) is 10.1. The lowest BCUT2D eigenvalue weighted by Gasteiger charge is -2.27. The summed E-state index contributed by atoms with van der Waals surface area (Å²) < 4.78 is 29.0. The Morgan fingerprint density at radius 1 is 1.34 bits per heavy atom. The van der Waals surface area contributed by atoms with Crippen molar-refractivity contribution in [3.63, 3.8) is 0 Å². The molecule has 0 saturated carbocycles. The minimum atomic E-state index is -3.75. The van der Waals surface area contributed by atoms with Crippen LogP contribution in [-0.2, 0) is 32.5 Å². The first kappa shape index (κ1) is 20.5. The molecule has 0 radical (unpaired) electrons. The number of sulfonamides is 1. The maximum atomic E-state index is 13.1. The zero-order valence-corrected chi connectivity index (χ0v) is 17.8. The van der Waals surface area contributed by atoms with Gasteiger partial charge in [0.05, 0.1) is 17.5 Å². The molecule has 4 rings (SSSR count). The van der Waals surface area contributed by atoms with Crippen LogP contribution >= 0.6 is 11.3 Å². The molecule has 1 atom stereocenters. The van der Waals surface area contributed by atoms with E-state index in [1.165, 1.54) is 10.9 Å². The number of hydrogen-bond donors (Lipinski definition) is 1. The molecule has 1 fully saturated rings. The van der Waals surface area contributed by atoms with Crippen molar-refractivity contribution >= 4 is 33.0 Å². The van der Waals surface area contributed by atoms with Crippen molar-refractivity contribution in [1.29, 1.82) is 0 Å². The normalized spacial score (nSPS) is 19.1. The van der Waals surface area contributed by atoms with Crippen molar-refractivity contribution in [2.24, 2.45) is 5.14 Å². The van der Waals surface area contributed by atoms with E-state index in [-0.39, 0.29) is 16.9 Å². The van der Waals surface area contributed by atoms with Gasteiger partial charge in [-0.1, -0.05) is 6.07 Å². The molecule has 2 N–H and O–H groups in total. The fourth-order valence-corrected chi connectivity index (χ4v) is 5.29. The van der Waals surface area contributed by atoms with Crippen LogP contribution in [0, 0.1) is 0 Å². The second kappa shape index (κ2) is 8.53. The van der Waals surface area contributed by atoms with Crippen LogP contribution in [0.4, 0.5) is 5.69 Å². The van der Waals surface area contributed by atoms with Crippen LogP contribution in [0.5, 0.6) is 0 Å². The zero-order chi connectivity index (χ0) is 20.4. The van der Waals surface area contributed by atoms with E-state index in [9.17, 15) is 13.2 Å². The summed E-state index contributed by atoms with van der Waals surface area (Å²) in [6.45, 7) is 3.09. The molecule has 7 nitrogen and oxygen atoms in total. The molecule has 0 bridgehead atoms. The molecule has 9 heteroatoms. The van der Waals surface area contributed by atoms with E-state index < -0.39 is 10.0 Å². The number of carbonyl (C=O) groups excluding carboxylic acids is 1. The predicted octanol–water partition coefficient (Wildman–Crippen LogP) is 1.97. The van der Waals surface area contributed by atoms with E-state index in [2.05, 4.69) is 11.0 Å². The Morgan fingerprint density at radius 3 is 2.90 bits per heavy atom. The maximum absolute atomic E-state index is 13.1. The van der Waals surface area contributed by atoms with Gasteiger partial charge in [-0.3, -0.25) is 9.69 Å². The largest absolute Gasteiger partial charge is 0.377 e. The van der Waals surface area contributed by atoms with Crippen LogP contribution in [0.25, 0.3) is 0 Å². The Hall–Kier alpha value is -1.78. The number of ether oxygens (including phenoxy) is 1. The summed E-state index contributed by atoms with van der Waals surface area (Å²) in [6.07, 6.45) is 2.89. The lowest BCUT2D eigenvalue weighted by molar-refractivity contribution is -0.120. The Bertz CT molecular complexity index is 970. The molecule has 0 aliphatic carbocycles. The summed E-state index contributed by atoms with van der Waals surface area (Å²) in [7, 11) is -3.75. The van der Waals surface area contributed by atoms with Crippen LogP contribution in [-0.4, -0.2) is 51.6 Å². The average molecular weight is 436 g/mol. The summed E-state index contributed by atoms with van der Waals surface area (Å²) in [6, 6.07) is 8.83. The lowest BCUT2D eigenvalue weighted by atomic mass is 10.2. The van der Waals surface area contributed by atoms with Crippen molar-refractivity contribution in [3.8, 4) is 0 Å². The topological polar surface area (TPSA) is 92.9 Å². The van der Waals surface area contributed by atoms with Crippen LogP contribution in [0.3, 0.4) is 0 Å². The molecule has 1 aromatic heterocycles. The molecule has 3 heterocycles. The average Bonchev–Trinajstić information content (AvgIpc) is 3.42. The van der Waals surface area contributed by atoms with Crippen LogP contribution < -0.4 is 10.0 Å². The van der Waals surface area contributed by atoms with Gasteiger partial charge in [-0.15, -0.1) is 11.3 Å². The second-order valence-electron chi connectivity index (χ2n) is 7.51. The SMILES string of the molecule is NS(=O)(=O)c1ccc2c(c1)CCN2C(=O)CN(Cc1cccs1)CC1CCCO1. The first-order valence-corrected chi connectivity index (χ1v) is 12.2. The van der Waals surface area contributed by atoms with E-state index in [0.29, 0.717) is 26.1 Å². The summed E-state index contributed by atoms with van der Waals surface area (Å²) in [4.78, 5) is 18.3. The van der Waals surface area contributed by atoms with E-state index >= 15 is 0 Å². The fourth-order valence-electron chi connectivity index (χ4n) is 3.98. The third-order valence-electron chi connectivity index (χ3n) is 5.38. The first-order chi connectivity index (χ1) is 13.9. The molecule has 2 aromatic rings. The molecule has 1 aromatic carbocycles. The third-order valence-corrected chi connectivity index (χ3v) is 7.15. The highest BCUT2D eigenvalue weighted by molar-refractivity contribution is 7.89. The number of thiophene rings is 1. The van der Waals surface area contributed by atoms with Gasteiger partial charge in [0.2, 0.25) is 15.9 Å². The molecule has 2 aliphatic rings. The van der Waals surface area contributed by atoms with Gasteiger partial charge in [-0.05, 0) is 54.5 Å². The number of primary sulfonamides is 1. The Balaban J connectivity index is 1.48. The molecule has 2 aliphatic heterocycles. The first-order valence-electron chi connectivity index (χ1n) is 9.72. The summed E-state index contributed by atoms with van der Waals surface area (Å²) in [5, 5.41) is 7.27. The number of nitrogens with zero attached hydrogens (tertiary/aromatic N) is 2. The van der Waals surface area contributed by atoms with Gasteiger partial charge in [0.15, 0.2) is 0 Å². The highest BCUT2D eigenvalue weighted by Crippen LogP contribution is 2.30. The van der Waals surface area contributed by atoms with Crippen LogP contribution in [0.2, 0.25) is 0 Å². The van der Waals surface area contributed by atoms with Crippen molar-refractivity contribution in [1.82, 2.24) is 4.90 Å². The number of fused-ring (bicyclic) bond motifs is 1. The molecule has 1 amide bonds. The third kappa shape index (κ3) is 4.87. The molecule has 1 unspecified atom stereocenters. The van der Waals surface area contributed by atoms with Crippen molar-refractivity contribution < 1.29 is 17.9 Å². The van der Waals surface area contributed by atoms with Gasteiger partial charge in [-0.25, -0.2) is 13.6 Å². The van der Waals surface area contributed by atoms with Crippen molar-refractivity contribution in [2.75, 3.05) is 31.1 Å². The minimum absolute atomic E-state index is 0.0154. The predicted molar refractivity (Wildman–Crippen MR) is 112 cm³/mol. The Kier molecular flexibility index (Phi) is 6.03. The highest BCUT2D eigenvalue weighted by atomic mass is 32.2. The quantitative estimate of drug-likeness (QED) is 0.718. The Labute approximate surface area is 175 Å². The fraction of sp³-hybridized carbons (Fsp3) is 0.450. The van der Waals surface area contributed by atoms with Gasteiger partial charge in [-0.2, -0.15) is 0 Å². The van der Waals surface area contributed by atoms with Crippen molar-refractivity contribution in [3.05, 3.63) is 46.2 Å². The van der Waals surface area contributed by atoms with Gasteiger partial charge >= 0.3 is 0 Å². The Morgan fingerprint density at radius 2 is 2.21 bits per heavy atom. The lowest BCUT2D eigenvalue weighted by Crippen LogP contribution is -2.42. The molecule has 156 valence electrons. The van der Waals surface area contributed by atoms with Gasteiger partial charge in [0.25, 0.3) is 0 Å². The van der Waals surface area contributed by atoms with E-state index in [4.69, 9.17) is 9.88 Å². The van der Waals surface area contributed by atoms with Crippen LogP contribution in [0.15, 0.2) is 40.6 Å². The molecular weight excluding hydrogens is 410 g/mol. The number of rotatable bonds is 7. The molecule has 1 saturated heterocycles. The minimum Gasteiger partial charge on any atom is -0.377 e. The number of amides is 1. The maximum Gasteiger partial charge on any atom is 0.241 e. The number of anilines is 1. The molecular formula is C20H25N3O4S2. The smallest absolute Gasteiger partial charge is 0.241 e. The van der Waals surface area contributed by atoms with E-state index in [1.54, 1.807) is 28.4 Å². The summed E-state index contributed by atoms with van der Waals surface area (Å²) in [5.41, 5.74) is 1.62. The molecule has 0 spiro atoms. The van der Waals surface area contributed by atoms with Crippen LogP contribution in [0.1, 0.15) is 23.3 Å². The molecule has 29 heavy (non-hydrogen) atoms. The highest BCUT2D eigenvalue weighted by Gasteiger charge is 2.28. The van der Waals surface area contributed by atoms with E-state index in [1.807, 2.05) is 11.4 Å². The monoisotopic (exact) mass is 435 g/mol. The van der Waals surface area contributed by atoms with Gasteiger partial charge < -0.3 is 9.64 Å². The van der Waals surface area contributed by atoms with Crippen molar-refractivity contribution in [2.45, 2.75) is 36.8 Å². The van der Waals surface area contributed by atoms with Gasteiger partial charge in [0.1, 0.15) is 0 Å². The number of nitrogens with two attached hydrogens (primary N) is 1. The zero-order valence-electron chi connectivity index (χ0n) is 16.1.